The Morgan fingerprint density at radius 3 is 2.50 bits per heavy atom. The fourth-order valence-electron chi connectivity index (χ4n) is 2.88. The predicted molar refractivity (Wildman–Crippen MR) is 96.0 cm³/mol. The van der Waals surface area contributed by atoms with Crippen molar-refractivity contribution in [1.29, 1.82) is 0 Å². The van der Waals surface area contributed by atoms with E-state index in [0.29, 0.717) is 0 Å². The van der Waals surface area contributed by atoms with Crippen LogP contribution < -0.4 is 5.32 Å². The molecule has 5 nitrogen and oxygen atoms in total. The fourth-order valence-corrected chi connectivity index (χ4v) is 2.88. The number of hydrogen-bond acceptors (Lipinski definition) is 4. The van der Waals surface area contributed by atoms with Gasteiger partial charge < -0.3 is 10.1 Å². The summed E-state index contributed by atoms with van der Waals surface area (Å²) in [6.45, 7) is 0. The monoisotopic (exact) mass is 341 g/mol. The Bertz CT molecular complexity index is 978. The van der Waals surface area contributed by atoms with Crippen LogP contribution in [0.1, 0.15) is 34.4 Å². The number of benzene rings is 1. The van der Waals surface area contributed by atoms with Gasteiger partial charge in [-0.3, -0.25) is 9.97 Å². The molecule has 0 unspecified atom stereocenters. The molecule has 1 aliphatic rings. The van der Waals surface area contributed by atoms with Crippen LogP contribution in [0.3, 0.4) is 0 Å². The minimum Gasteiger partial charge on any atom is -0.439 e. The first-order valence-electron chi connectivity index (χ1n) is 8.19. The standard InChI is InChI=1S/C21H15N3O2/c25-21-24-19(20(26-21)17-8-11-22-12-9-17)18-5-1-3-15(13-18)6-7-16-4-2-10-23-14-16/h1-5,8-14,19-20H,(H,24,25)/t19-,20-/m0/s1. The minimum absolute atomic E-state index is 0.273. The number of pyridine rings is 2. The van der Waals surface area contributed by atoms with E-state index in [1.54, 1.807) is 24.8 Å². The highest BCUT2D eigenvalue weighted by molar-refractivity contribution is 5.71. The molecule has 1 aliphatic heterocycles. The lowest BCUT2D eigenvalue weighted by molar-refractivity contribution is 0.132. The Hall–Kier alpha value is -3.65. The first-order chi connectivity index (χ1) is 12.8. The van der Waals surface area contributed by atoms with E-state index < -0.39 is 12.2 Å². The molecule has 126 valence electrons. The third-order valence-corrected chi connectivity index (χ3v) is 4.10. The molecule has 3 aromatic rings. The van der Waals surface area contributed by atoms with Crippen molar-refractivity contribution in [3.63, 3.8) is 0 Å². The molecule has 0 saturated carbocycles. The second-order valence-electron chi connectivity index (χ2n) is 5.85. The number of carbonyl (C=O) groups excluding carboxylic acids is 1. The Kier molecular flexibility index (Phi) is 4.31. The lowest BCUT2D eigenvalue weighted by atomic mass is 9.96. The molecule has 1 amide bonds. The summed E-state index contributed by atoms with van der Waals surface area (Å²) >= 11 is 0. The Morgan fingerprint density at radius 1 is 0.885 bits per heavy atom. The van der Waals surface area contributed by atoms with Crippen LogP contribution >= 0.6 is 0 Å². The molecule has 26 heavy (non-hydrogen) atoms. The van der Waals surface area contributed by atoms with Gasteiger partial charge in [0.2, 0.25) is 0 Å². The molecule has 0 radical (unpaired) electrons. The summed E-state index contributed by atoms with van der Waals surface area (Å²) in [5.41, 5.74) is 3.55. The van der Waals surface area contributed by atoms with Crippen LogP contribution in [-0.2, 0) is 4.74 Å². The highest BCUT2D eigenvalue weighted by Crippen LogP contribution is 2.36. The summed E-state index contributed by atoms with van der Waals surface area (Å²) in [5, 5.41) is 2.88. The van der Waals surface area contributed by atoms with E-state index in [9.17, 15) is 4.79 Å². The van der Waals surface area contributed by atoms with Gasteiger partial charge in [0.1, 0.15) is 0 Å². The molecule has 1 aromatic carbocycles. The largest absolute Gasteiger partial charge is 0.439 e. The van der Waals surface area contributed by atoms with Gasteiger partial charge in [-0.1, -0.05) is 24.0 Å². The van der Waals surface area contributed by atoms with E-state index in [0.717, 1.165) is 22.3 Å². The van der Waals surface area contributed by atoms with Gasteiger partial charge in [-0.25, -0.2) is 4.79 Å². The third-order valence-electron chi connectivity index (χ3n) is 4.10. The number of nitrogens with zero attached hydrogens (tertiary/aromatic N) is 2. The van der Waals surface area contributed by atoms with Crippen LogP contribution in [0, 0.1) is 11.8 Å². The zero-order valence-electron chi connectivity index (χ0n) is 13.8. The lowest BCUT2D eigenvalue weighted by Gasteiger charge is -2.17. The molecule has 2 aromatic heterocycles. The normalized spacial score (nSPS) is 18.4. The van der Waals surface area contributed by atoms with E-state index >= 15 is 0 Å². The maximum absolute atomic E-state index is 11.8. The summed E-state index contributed by atoms with van der Waals surface area (Å²) in [6, 6.07) is 15.0. The Labute approximate surface area is 151 Å². The van der Waals surface area contributed by atoms with Crippen molar-refractivity contribution in [2.75, 3.05) is 0 Å². The predicted octanol–water partition coefficient (Wildman–Crippen LogP) is 3.40. The summed E-state index contributed by atoms with van der Waals surface area (Å²) in [5.74, 6) is 6.23. The minimum atomic E-state index is -0.427. The highest BCUT2D eigenvalue weighted by atomic mass is 16.6. The summed E-state index contributed by atoms with van der Waals surface area (Å²) in [6.07, 6.45) is 5.99. The number of cyclic esters (lactones) is 1. The van der Waals surface area contributed by atoms with Crippen LogP contribution in [0.25, 0.3) is 0 Å². The lowest BCUT2D eigenvalue weighted by Crippen LogP contribution is -2.19. The first-order valence-corrected chi connectivity index (χ1v) is 8.19. The topological polar surface area (TPSA) is 64.1 Å². The highest BCUT2D eigenvalue weighted by Gasteiger charge is 2.36. The number of alkyl carbamates (subject to hydrolysis) is 1. The first kappa shape index (κ1) is 15.9. The summed E-state index contributed by atoms with van der Waals surface area (Å²) in [7, 11) is 0. The second kappa shape index (κ2) is 7.08. The SMILES string of the molecule is O=C1N[C@@H](c2cccc(C#Cc3cccnc3)c2)[C@H](c2ccncc2)O1. The van der Waals surface area contributed by atoms with Gasteiger partial charge >= 0.3 is 6.09 Å². The van der Waals surface area contributed by atoms with Gasteiger partial charge in [-0.05, 0) is 47.5 Å². The molecular formula is C21H15N3O2. The van der Waals surface area contributed by atoms with Crippen LogP contribution in [0.15, 0.2) is 73.3 Å². The molecule has 0 aliphatic carbocycles. The van der Waals surface area contributed by atoms with E-state index in [4.69, 9.17) is 4.74 Å². The number of ether oxygens (including phenoxy) is 1. The van der Waals surface area contributed by atoms with E-state index in [1.165, 1.54) is 0 Å². The number of hydrogen-bond donors (Lipinski definition) is 1. The van der Waals surface area contributed by atoms with Crippen molar-refractivity contribution in [2.45, 2.75) is 12.1 Å². The Morgan fingerprint density at radius 2 is 1.69 bits per heavy atom. The van der Waals surface area contributed by atoms with Crippen molar-refractivity contribution in [2.24, 2.45) is 0 Å². The number of carbonyl (C=O) groups is 1. The molecule has 0 spiro atoms. The molecule has 1 saturated heterocycles. The molecule has 0 bridgehead atoms. The van der Waals surface area contributed by atoms with Crippen molar-refractivity contribution in [1.82, 2.24) is 15.3 Å². The molecular weight excluding hydrogens is 326 g/mol. The van der Waals surface area contributed by atoms with Gasteiger partial charge in [-0.2, -0.15) is 0 Å². The third kappa shape index (κ3) is 3.40. The molecule has 4 rings (SSSR count). The fraction of sp³-hybridized carbons (Fsp3) is 0.0952. The van der Waals surface area contributed by atoms with Gasteiger partial charge in [0, 0.05) is 35.9 Å². The van der Waals surface area contributed by atoms with Crippen LogP contribution in [0.4, 0.5) is 4.79 Å². The van der Waals surface area contributed by atoms with Crippen LogP contribution in [-0.4, -0.2) is 16.1 Å². The van der Waals surface area contributed by atoms with Crippen LogP contribution in [0.2, 0.25) is 0 Å². The van der Waals surface area contributed by atoms with Gasteiger partial charge in [0.25, 0.3) is 0 Å². The van der Waals surface area contributed by atoms with E-state index in [2.05, 4.69) is 27.1 Å². The average molecular weight is 341 g/mol. The average Bonchev–Trinajstić information content (AvgIpc) is 3.10. The number of aromatic nitrogens is 2. The van der Waals surface area contributed by atoms with E-state index in [-0.39, 0.29) is 6.04 Å². The second-order valence-corrected chi connectivity index (χ2v) is 5.85. The molecule has 5 heteroatoms. The maximum atomic E-state index is 11.8. The molecule has 1 fully saturated rings. The van der Waals surface area contributed by atoms with E-state index in [1.807, 2.05) is 48.5 Å². The Balaban J connectivity index is 1.63. The number of amides is 1. The number of nitrogens with one attached hydrogen (secondary N) is 1. The van der Waals surface area contributed by atoms with Crippen molar-refractivity contribution in [3.8, 4) is 11.8 Å². The molecule has 1 N–H and O–H groups in total. The quantitative estimate of drug-likeness (QED) is 0.726. The maximum Gasteiger partial charge on any atom is 0.408 e. The van der Waals surface area contributed by atoms with Crippen LogP contribution in [0.5, 0.6) is 0 Å². The molecule has 2 atom stereocenters. The van der Waals surface area contributed by atoms with Crippen molar-refractivity contribution >= 4 is 6.09 Å². The smallest absolute Gasteiger partial charge is 0.408 e. The number of rotatable bonds is 2. The van der Waals surface area contributed by atoms with Gasteiger partial charge in [-0.15, -0.1) is 0 Å². The van der Waals surface area contributed by atoms with Crippen molar-refractivity contribution in [3.05, 3.63) is 95.6 Å². The molecule has 3 heterocycles. The van der Waals surface area contributed by atoms with Gasteiger partial charge in [0.15, 0.2) is 6.10 Å². The summed E-state index contributed by atoms with van der Waals surface area (Å²) < 4.78 is 5.46. The van der Waals surface area contributed by atoms with Gasteiger partial charge in [0.05, 0.1) is 6.04 Å². The zero-order chi connectivity index (χ0) is 17.8. The zero-order valence-corrected chi connectivity index (χ0v) is 13.8. The summed E-state index contributed by atoms with van der Waals surface area (Å²) in [4.78, 5) is 19.9. The van der Waals surface area contributed by atoms with Crippen molar-refractivity contribution < 1.29 is 9.53 Å².